The topological polar surface area (TPSA) is 37.6 Å². The maximum Gasteiger partial charge on any atom is 0.254 e. The van der Waals surface area contributed by atoms with Gasteiger partial charge in [0.1, 0.15) is 6.54 Å². The van der Waals surface area contributed by atoms with Crippen LogP contribution in [0, 0.1) is 0 Å². The van der Waals surface area contributed by atoms with Crippen molar-refractivity contribution in [2.24, 2.45) is 0 Å². The molecule has 3 rings (SSSR count). The highest BCUT2D eigenvalue weighted by atomic mass is 35.5. The Morgan fingerprint density at radius 2 is 1.78 bits per heavy atom. The second-order valence-electron chi connectivity index (χ2n) is 5.70. The fraction of sp³-hybridized carbons (Fsp3) is 0.294. The fourth-order valence-electron chi connectivity index (χ4n) is 2.82. The Morgan fingerprint density at radius 1 is 1.09 bits per heavy atom. The summed E-state index contributed by atoms with van der Waals surface area (Å²) in [5, 5.41) is 1.17. The zero-order chi connectivity index (χ0) is 16.2. The molecule has 2 aromatic rings. The normalized spacial score (nSPS) is 15.7. The van der Waals surface area contributed by atoms with Crippen molar-refractivity contribution in [2.75, 3.05) is 26.2 Å². The Labute approximate surface area is 145 Å². The number of nitrogens with one attached hydrogen (secondary N) is 1. The number of carbonyl (C=O) groups excluding carboxylic acids is 1. The van der Waals surface area contributed by atoms with Crippen LogP contribution in [0.25, 0.3) is 0 Å². The molecule has 0 saturated carbocycles. The van der Waals surface area contributed by atoms with Crippen LogP contribution in [0.4, 0.5) is 0 Å². The van der Waals surface area contributed by atoms with Gasteiger partial charge in [0, 0.05) is 23.5 Å². The molecule has 1 aromatic carbocycles. The number of aromatic nitrogens is 1. The van der Waals surface area contributed by atoms with Crippen LogP contribution in [0.2, 0.25) is 10.0 Å². The molecule has 2 heterocycles. The van der Waals surface area contributed by atoms with Crippen molar-refractivity contribution in [2.45, 2.75) is 6.54 Å². The molecule has 0 radical (unpaired) electrons. The van der Waals surface area contributed by atoms with E-state index in [2.05, 4.69) is 4.98 Å². The average Bonchev–Trinajstić information content (AvgIpc) is 2.59. The van der Waals surface area contributed by atoms with Crippen molar-refractivity contribution < 1.29 is 9.69 Å². The van der Waals surface area contributed by atoms with Gasteiger partial charge in [0.15, 0.2) is 0 Å². The quantitative estimate of drug-likeness (QED) is 0.918. The number of hydrogen-bond acceptors (Lipinski definition) is 2. The number of rotatable bonds is 3. The zero-order valence-corrected chi connectivity index (χ0v) is 14.1. The molecule has 0 bridgehead atoms. The van der Waals surface area contributed by atoms with Crippen LogP contribution in [0.1, 0.15) is 15.9 Å². The van der Waals surface area contributed by atoms with Gasteiger partial charge in [-0.2, -0.15) is 0 Å². The second-order valence-corrected chi connectivity index (χ2v) is 6.52. The van der Waals surface area contributed by atoms with E-state index in [-0.39, 0.29) is 5.91 Å². The molecule has 4 nitrogen and oxygen atoms in total. The number of amides is 1. The third kappa shape index (κ3) is 4.02. The van der Waals surface area contributed by atoms with Crippen LogP contribution in [0.15, 0.2) is 42.7 Å². The summed E-state index contributed by atoms with van der Waals surface area (Å²) in [6, 6.07) is 9.29. The molecule has 1 aliphatic heterocycles. The first-order chi connectivity index (χ1) is 11.1. The van der Waals surface area contributed by atoms with Gasteiger partial charge >= 0.3 is 0 Å². The maximum atomic E-state index is 12.4. The van der Waals surface area contributed by atoms with Gasteiger partial charge in [-0.3, -0.25) is 9.78 Å². The number of quaternary nitrogens is 1. The van der Waals surface area contributed by atoms with Crippen molar-refractivity contribution in [3.8, 4) is 0 Å². The van der Waals surface area contributed by atoms with Crippen molar-refractivity contribution in [1.82, 2.24) is 9.88 Å². The number of benzene rings is 1. The van der Waals surface area contributed by atoms with Crippen LogP contribution in [-0.4, -0.2) is 42.0 Å². The first kappa shape index (κ1) is 16.2. The van der Waals surface area contributed by atoms with Crippen LogP contribution < -0.4 is 4.90 Å². The summed E-state index contributed by atoms with van der Waals surface area (Å²) < 4.78 is 0. The van der Waals surface area contributed by atoms with Crippen LogP contribution in [-0.2, 0) is 6.54 Å². The minimum absolute atomic E-state index is 0.0842. The Balaban J connectivity index is 1.56. The predicted molar refractivity (Wildman–Crippen MR) is 91.0 cm³/mol. The van der Waals surface area contributed by atoms with Gasteiger partial charge in [-0.25, -0.2) is 0 Å². The minimum atomic E-state index is 0.0842. The second kappa shape index (κ2) is 7.30. The molecule has 0 unspecified atom stereocenters. The van der Waals surface area contributed by atoms with Crippen LogP contribution in [0.3, 0.4) is 0 Å². The third-order valence-corrected chi connectivity index (χ3v) is 4.86. The Bertz CT molecular complexity index is 685. The van der Waals surface area contributed by atoms with Gasteiger partial charge in [0.05, 0.1) is 36.2 Å². The number of halogens is 2. The molecular weight excluding hydrogens is 333 g/mol. The number of piperazine rings is 1. The molecule has 0 spiro atoms. The van der Waals surface area contributed by atoms with Crippen molar-refractivity contribution in [3.63, 3.8) is 0 Å². The van der Waals surface area contributed by atoms with E-state index in [0.29, 0.717) is 15.6 Å². The standard InChI is InChI=1S/C17H17Cl2N3O/c18-15-2-1-13(11-16(15)19)12-21-7-9-22(10-8-21)17(23)14-3-5-20-6-4-14/h1-6,11H,7-10,12H2/p+1. The van der Waals surface area contributed by atoms with Gasteiger partial charge in [-0.15, -0.1) is 0 Å². The molecule has 1 N–H and O–H groups in total. The molecule has 0 atom stereocenters. The lowest BCUT2D eigenvalue weighted by Gasteiger charge is -2.32. The predicted octanol–water partition coefficient (Wildman–Crippen LogP) is 1.93. The summed E-state index contributed by atoms with van der Waals surface area (Å²) in [5.41, 5.74) is 1.87. The molecule has 0 aliphatic carbocycles. The van der Waals surface area contributed by atoms with E-state index in [9.17, 15) is 4.79 Å². The first-order valence-electron chi connectivity index (χ1n) is 7.60. The fourth-order valence-corrected chi connectivity index (χ4v) is 3.14. The van der Waals surface area contributed by atoms with Gasteiger partial charge in [-0.05, 0) is 24.3 Å². The molecular formula is C17H18Cl2N3O+. The molecule has 6 heteroatoms. The SMILES string of the molecule is O=C(c1ccncc1)N1CC[NH+](Cc2ccc(Cl)c(Cl)c2)CC1. The Hall–Kier alpha value is -1.62. The summed E-state index contributed by atoms with van der Waals surface area (Å²) in [5.74, 6) is 0.0842. The van der Waals surface area contributed by atoms with E-state index in [4.69, 9.17) is 23.2 Å². The zero-order valence-electron chi connectivity index (χ0n) is 12.6. The summed E-state index contributed by atoms with van der Waals surface area (Å²) in [7, 11) is 0. The van der Waals surface area contributed by atoms with Crippen LogP contribution in [0.5, 0.6) is 0 Å². The van der Waals surface area contributed by atoms with Gasteiger partial charge in [0.2, 0.25) is 0 Å². The highest BCUT2D eigenvalue weighted by Crippen LogP contribution is 2.22. The monoisotopic (exact) mass is 350 g/mol. The Kier molecular flexibility index (Phi) is 5.16. The van der Waals surface area contributed by atoms with Crippen molar-refractivity contribution >= 4 is 29.1 Å². The molecule has 1 amide bonds. The van der Waals surface area contributed by atoms with Gasteiger partial charge in [0.25, 0.3) is 5.91 Å². The van der Waals surface area contributed by atoms with E-state index < -0.39 is 0 Å². The van der Waals surface area contributed by atoms with Crippen molar-refractivity contribution in [1.29, 1.82) is 0 Å². The lowest BCUT2D eigenvalue weighted by Crippen LogP contribution is -3.13. The van der Waals surface area contributed by atoms with E-state index in [1.165, 1.54) is 10.5 Å². The number of carbonyl (C=O) groups is 1. The van der Waals surface area contributed by atoms with Crippen LogP contribution >= 0.6 is 23.2 Å². The average molecular weight is 351 g/mol. The Morgan fingerprint density at radius 3 is 2.43 bits per heavy atom. The largest absolute Gasteiger partial charge is 0.328 e. The van der Waals surface area contributed by atoms with E-state index >= 15 is 0 Å². The maximum absolute atomic E-state index is 12.4. The third-order valence-electron chi connectivity index (χ3n) is 4.12. The van der Waals surface area contributed by atoms with Gasteiger partial charge < -0.3 is 9.80 Å². The lowest BCUT2D eigenvalue weighted by atomic mass is 10.2. The summed E-state index contributed by atoms with van der Waals surface area (Å²) in [6.07, 6.45) is 3.30. The summed E-state index contributed by atoms with van der Waals surface area (Å²) >= 11 is 12.0. The minimum Gasteiger partial charge on any atom is -0.328 e. The summed E-state index contributed by atoms with van der Waals surface area (Å²) in [6.45, 7) is 4.28. The molecule has 23 heavy (non-hydrogen) atoms. The number of pyridine rings is 1. The highest BCUT2D eigenvalue weighted by Gasteiger charge is 2.24. The first-order valence-corrected chi connectivity index (χ1v) is 8.36. The molecule has 120 valence electrons. The van der Waals surface area contributed by atoms with Crippen molar-refractivity contribution in [3.05, 3.63) is 63.9 Å². The molecule has 1 aromatic heterocycles. The molecule has 1 fully saturated rings. The van der Waals surface area contributed by atoms with E-state index in [0.717, 1.165) is 32.7 Å². The molecule has 1 aliphatic rings. The summed E-state index contributed by atoms with van der Waals surface area (Å²) in [4.78, 5) is 19.7. The smallest absolute Gasteiger partial charge is 0.254 e. The number of hydrogen-bond donors (Lipinski definition) is 1. The van der Waals surface area contributed by atoms with E-state index in [1.54, 1.807) is 24.5 Å². The molecule has 1 saturated heterocycles. The number of nitrogens with zero attached hydrogens (tertiary/aromatic N) is 2. The highest BCUT2D eigenvalue weighted by molar-refractivity contribution is 6.42. The van der Waals surface area contributed by atoms with E-state index in [1.807, 2.05) is 23.1 Å². The van der Waals surface area contributed by atoms with Gasteiger partial charge in [-0.1, -0.05) is 29.3 Å². The lowest BCUT2D eigenvalue weighted by molar-refractivity contribution is -0.917.